The second kappa shape index (κ2) is 5.00. The van der Waals surface area contributed by atoms with E-state index in [0.29, 0.717) is 22.9 Å². The molecule has 0 radical (unpaired) electrons. The van der Waals surface area contributed by atoms with Crippen molar-refractivity contribution in [2.24, 2.45) is 0 Å². The van der Waals surface area contributed by atoms with Gasteiger partial charge in [-0.2, -0.15) is 0 Å². The Balaban J connectivity index is 2.14. The lowest BCUT2D eigenvalue weighted by atomic mass is 10.6. The van der Waals surface area contributed by atoms with Crippen LogP contribution in [0.5, 0.6) is 0 Å². The summed E-state index contributed by atoms with van der Waals surface area (Å²) in [6.07, 6.45) is 1.40. The van der Waals surface area contributed by atoms with Gasteiger partial charge >= 0.3 is 5.97 Å². The van der Waals surface area contributed by atoms with Crippen molar-refractivity contribution in [3.63, 3.8) is 0 Å². The fraction of sp³-hybridized carbons (Fsp3) is 0.333. The van der Waals surface area contributed by atoms with Crippen LogP contribution in [0.2, 0.25) is 0 Å². The minimum absolute atomic E-state index is 0.104. The Morgan fingerprint density at radius 1 is 1.59 bits per heavy atom. The number of nitrogens with zero attached hydrogens (tertiary/aromatic N) is 2. The van der Waals surface area contributed by atoms with E-state index >= 15 is 0 Å². The average molecular weight is 254 g/mol. The maximum atomic E-state index is 11.5. The van der Waals surface area contributed by atoms with Crippen molar-refractivity contribution in [1.82, 2.24) is 19.9 Å². The fourth-order valence-corrected chi connectivity index (χ4v) is 1.87. The highest BCUT2D eigenvalue weighted by Crippen LogP contribution is 2.12. The summed E-state index contributed by atoms with van der Waals surface area (Å²) in [5, 5.41) is 0.350. The summed E-state index contributed by atoms with van der Waals surface area (Å²) in [4.78, 5) is 35.9. The lowest BCUT2D eigenvalue weighted by Crippen LogP contribution is -2.11. The number of aromatic nitrogens is 4. The van der Waals surface area contributed by atoms with Crippen LogP contribution in [0.1, 0.15) is 6.92 Å². The van der Waals surface area contributed by atoms with Crippen LogP contribution in [0.25, 0.3) is 11.2 Å². The van der Waals surface area contributed by atoms with Crippen LogP contribution < -0.4 is 5.56 Å². The summed E-state index contributed by atoms with van der Waals surface area (Å²) in [5.41, 5.74) is 0.351. The first-order valence-electron chi connectivity index (χ1n) is 4.92. The molecule has 0 saturated carbocycles. The maximum Gasteiger partial charge on any atom is 0.316 e. The molecular formula is C9H10N4O3S. The molecule has 2 heterocycles. The van der Waals surface area contributed by atoms with E-state index in [0.717, 1.165) is 11.8 Å². The van der Waals surface area contributed by atoms with Crippen molar-refractivity contribution in [3.8, 4) is 0 Å². The number of hydrogen-bond acceptors (Lipinski definition) is 6. The third-order valence-corrected chi connectivity index (χ3v) is 2.75. The summed E-state index contributed by atoms with van der Waals surface area (Å²) in [5.74, 6) is -0.241. The first-order chi connectivity index (χ1) is 8.20. The number of carbonyl (C=O) groups excluding carboxylic acids is 1. The summed E-state index contributed by atoms with van der Waals surface area (Å²) in [6, 6.07) is 0. The molecule has 2 N–H and O–H groups in total. The van der Waals surface area contributed by atoms with Crippen LogP contribution in [0.15, 0.2) is 16.3 Å². The average Bonchev–Trinajstić information content (AvgIpc) is 2.75. The van der Waals surface area contributed by atoms with Crippen LogP contribution in [0, 0.1) is 0 Å². The van der Waals surface area contributed by atoms with E-state index in [-0.39, 0.29) is 17.3 Å². The van der Waals surface area contributed by atoms with Gasteiger partial charge in [0.2, 0.25) is 0 Å². The van der Waals surface area contributed by atoms with Gasteiger partial charge in [-0.15, -0.1) is 0 Å². The standard InChI is InChI=1S/C9H10N4O3S/c1-2-16-5(14)3-17-9-12-7-6(8(15)13-9)10-4-11-7/h4H,2-3H2,1H3,(H2,10,11,12,13,15). The highest BCUT2D eigenvalue weighted by Gasteiger charge is 2.08. The predicted molar refractivity (Wildman–Crippen MR) is 61.9 cm³/mol. The van der Waals surface area contributed by atoms with Crippen LogP contribution in [-0.2, 0) is 9.53 Å². The maximum absolute atomic E-state index is 11.5. The number of carbonyl (C=O) groups is 1. The van der Waals surface area contributed by atoms with Crippen molar-refractivity contribution in [1.29, 1.82) is 0 Å². The van der Waals surface area contributed by atoms with Gasteiger partial charge < -0.3 is 9.72 Å². The molecule has 0 saturated heterocycles. The summed E-state index contributed by atoms with van der Waals surface area (Å²) >= 11 is 1.11. The lowest BCUT2D eigenvalue weighted by Gasteiger charge is -2.00. The van der Waals surface area contributed by atoms with Gasteiger partial charge in [0.1, 0.15) is 0 Å². The number of aromatic amines is 2. The van der Waals surface area contributed by atoms with E-state index in [1.807, 2.05) is 0 Å². The summed E-state index contributed by atoms with van der Waals surface area (Å²) in [6.45, 7) is 2.07. The molecule has 8 heteroatoms. The number of imidazole rings is 1. The van der Waals surface area contributed by atoms with Crippen molar-refractivity contribution in [2.45, 2.75) is 12.1 Å². The second-order valence-corrected chi connectivity index (χ2v) is 4.03. The SMILES string of the molecule is CCOC(=O)CSc1nc2nc[nH]c2c(=O)[nH]1. The van der Waals surface area contributed by atoms with Crippen molar-refractivity contribution < 1.29 is 9.53 Å². The predicted octanol–water partition coefficient (Wildman–Crippen LogP) is 0.301. The van der Waals surface area contributed by atoms with E-state index in [9.17, 15) is 9.59 Å². The smallest absolute Gasteiger partial charge is 0.316 e. The number of fused-ring (bicyclic) bond motifs is 1. The van der Waals surface area contributed by atoms with Crippen LogP contribution in [-0.4, -0.2) is 38.3 Å². The Morgan fingerprint density at radius 2 is 2.41 bits per heavy atom. The molecule has 90 valence electrons. The van der Waals surface area contributed by atoms with Gasteiger partial charge in [0.05, 0.1) is 18.7 Å². The largest absolute Gasteiger partial charge is 0.465 e. The molecule has 0 aliphatic carbocycles. The molecular weight excluding hydrogens is 244 g/mol. The number of rotatable bonds is 4. The Bertz CT molecular complexity index is 591. The third kappa shape index (κ3) is 2.64. The number of esters is 1. The van der Waals surface area contributed by atoms with Crippen molar-refractivity contribution >= 4 is 28.9 Å². The molecule has 0 aromatic carbocycles. The van der Waals surface area contributed by atoms with Gasteiger partial charge in [-0.1, -0.05) is 11.8 Å². The molecule has 0 aliphatic rings. The molecule has 0 unspecified atom stereocenters. The normalized spacial score (nSPS) is 10.6. The molecule has 2 aromatic heterocycles. The minimum Gasteiger partial charge on any atom is -0.465 e. The first kappa shape index (κ1) is 11.6. The van der Waals surface area contributed by atoms with E-state index in [4.69, 9.17) is 4.74 Å². The Hall–Kier alpha value is -1.83. The van der Waals surface area contributed by atoms with Gasteiger partial charge in [-0.3, -0.25) is 14.6 Å². The molecule has 17 heavy (non-hydrogen) atoms. The lowest BCUT2D eigenvalue weighted by molar-refractivity contribution is -0.139. The third-order valence-electron chi connectivity index (χ3n) is 1.91. The molecule has 2 aromatic rings. The highest BCUT2D eigenvalue weighted by molar-refractivity contribution is 7.99. The Kier molecular flexibility index (Phi) is 3.43. The molecule has 0 spiro atoms. The van der Waals surface area contributed by atoms with E-state index in [1.165, 1.54) is 6.33 Å². The van der Waals surface area contributed by atoms with Gasteiger partial charge in [0.25, 0.3) is 5.56 Å². The zero-order valence-electron chi connectivity index (χ0n) is 9.02. The van der Waals surface area contributed by atoms with Gasteiger partial charge in [0.15, 0.2) is 16.3 Å². The zero-order valence-corrected chi connectivity index (χ0v) is 9.84. The van der Waals surface area contributed by atoms with Crippen molar-refractivity contribution in [2.75, 3.05) is 12.4 Å². The van der Waals surface area contributed by atoms with E-state index in [1.54, 1.807) is 6.92 Å². The van der Waals surface area contributed by atoms with Gasteiger partial charge in [0, 0.05) is 0 Å². The Morgan fingerprint density at radius 3 is 3.18 bits per heavy atom. The van der Waals surface area contributed by atoms with Crippen LogP contribution >= 0.6 is 11.8 Å². The number of nitrogens with one attached hydrogen (secondary N) is 2. The molecule has 0 atom stereocenters. The quantitative estimate of drug-likeness (QED) is 0.462. The molecule has 0 amide bonds. The second-order valence-electron chi connectivity index (χ2n) is 3.07. The van der Waals surface area contributed by atoms with E-state index < -0.39 is 0 Å². The number of H-pyrrole nitrogens is 2. The summed E-state index contributed by atoms with van der Waals surface area (Å²) < 4.78 is 4.76. The van der Waals surface area contributed by atoms with Gasteiger partial charge in [-0.05, 0) is 6.92 Å². The molecule has 0 fully saturated rings. The summed E-state index contributed by atoms with van der Waals surface area (Å²) in [7, 11) is 0. The fourth-order valence-electron chi connectivity index (χ4n) is 1.22. The highest BCUT2D eigenvalue weighted by atomic mass is 32.2. The van der Waals surface area contributed by atoms with E-state index in [2.05, 4.69) is 19.9 Å². The first-order valence-corrected chi connectivity index (χ1v) is 5.91. The molecule has 7 nitrogen and oxygen atoms in total. The molecule has 2 rings (SSSR count). The number of hydrogen-bond donors (Lipinski definition) is 2. The van der Waals surface area contributed by atoms with Gasteiger partial charge in [-0.25, -0.2) is 9.97 Å². The zero-order chi connectivity index (χ0) is 12.3. The van der Waals surface area contributed by atoms with Crippen LogP contribution in [0.3, 0.4) is 0 Å². The van der Waals surface area contributed by atoms with Crippen LogP contribution in [0.4, 0.5) is 0 Å². The minimum atomic E-state index is -0.345. The molecule has 0 aliphatic heterocycles. The monoisotopic (exact) mass is 254 g/mol. The topological polar surface area (TPSA) is 101 Å². The number of thioether (sulfide) groups is 1. The Labute approximate surface area is 100 Å². The molecule has 0 bridgehead atoms. The van der Waals surface area contributed by atoms with Crippen molar-refractivity contribution in [3.05, 3.63) is 16.7 Å². The number of ether oxygens (including phenoxy) is 1.